The fourth-order valence-electron chi connectivity index (χ4n) is 2.47. The van der Waals surface area contributed by atoms with Gasteiger partial charge in [0.1, 0.15) is 0 Å². The summed E-state index contributed by atoms with van der Waals surface area (Å²) in [5.74, 6) is -0.131. The van der Waals surface area contributed by atoms with Crippen molar-refractivity contribution in [1.82, 2.24) is 0 Å². The van der Waals surface area contributed by atoms with Gasteiger partial charge in [0.05, 0.1) is 11.9 Å². The van der Waals surface area contributed by atoms with E-state index in [-0.39, 0.29) is 5.91 Å². The molecule has 0 fully saturated rings. The molecule has 1 heterocycles. The molecule has 114 valence electrons. The second kappa shape index (κ2) is 6.40. The number of rotatable bonds is 3. The van der Waals surface area contributed by atoms with Gasteiger partial charge in [0.25, 0.3) is 5.91 Å². The zero-order valence-corrected chi connectivity index (χ0v) is 13.1. The highest BCUT2D eigenvalue weighted by Crippen LogP contribution is 2.27. The Bertz CT molecular complexity index is 820. The fraction of sp³-hybridized carbons (Fsp3) is 0.105. The van der Waals surface area contributed by atoms with Crippen molar-refractivity contribution >= 4 is 29.6 Å². The van der Waals surface area contributed by atoms with E-state index >= 15 is 0 Å². The van der Waals surface area contributed by atoms with Gasteiger partial charge in [0.15, 0.2) is 5.71 Å². The maximum absolute atomic E-state index is 12.2. The summed E-state index contributed by atoms with van der Waals surface area (Å²) in [5.41, 5.74) is 4.13. The summed E-state index contributed by atoms with van der Waals surface area (Å²) in [7, 11) is 1.74. The van der Waals surface area contributed by atoms with E-state index in [1.165, 1.54) is 0 Å². The largest absolute Gasteiger partial charge is 0.309 e. The molecule has 0 saturated heterocycles. The van der Waals surface area contributed by atoms with Crippen LogP contribution in [-0.4, -0.2) is 24.9 Å². The van der Waals surface area contributed by atoms with Crippen LogP contribution in [0.5, 0.6) is 0 Å². The minimum atomic E-state index is -0.131. The van der Waals surface area contributed by atoms with Gasteiger partial charge in [-0.05, 0) is 24.1 Å². The van der Waals surface area contributed by atoms with Crippen LogP contribution < -0.4 is 4.90 Å². The first-order valence-electron chi connectivity index (χ1n) is 7.38. The van der Waals surface area contributed by atoms with Gasteiger partial charge in [-0.1, -0.05) is 54.6 Å². The van der Waals surface area contributed by atoms with Crippen LogP contribution >= 0.6 is 0 Å². The van der Waals surface area contributed by atoms with Crippen molar-refractivity contribution in [3.05, 3.63) is 71.3 Å². The van der Waals surface area contributed by atoms with Crippen LogP contribution in [0.1, 0.15) is 18.1 Å². The molecular formula is C19H17N3O. The van der Waals surface area contributed by atoms with Crippen molar-refractivity contribution in [1.29, 1.82) is 0 Å². The van der Waals surface area contributed by atoms with Crippen molar-refractivity contribution in [2.45, 2.75) is 6.92 Å². The van der Waals surface area contributed by atoms with E-state index in [2.05, 4.69) is 10.2 Å². The maximum Gasteiger partial charge on any atom is 0.279 e. The maximum atomic E-state index is 12.2. The van der Waals surface area contributed by atoms with Crippen LogP contribution in [0.25, 0.3) is 6.08 Å². The van der Waals surface area contributed by atoms with E-state index in [0.29, 0.717) is 5.71 Å². The lowest BCUT2D eigenvalue weighted by atomic mass is 10.1. The summed E-state index contributed by atoms with van der Waals surface area (Å²) < 4.78 is 0. The first kappa shape index (κ1) is 14.9. The Labute approximate surface area is 135 Å². The van der Waals surface area contributed by atoms with E-state index in [4.69, 9.17) is 0 Å². The minimum Gasteiger partial charge on any atom is -0.309 e. The van der Waals surface area contributed by atoms with E-state index in [1.54, 1.807) is 18.2 Å². The molecule has 3 rings (SSSR count). The zero-order chi connectivity index (χ0) is 16.2. The van der Waals surface area contributed by atoms with E-state index in [0.717, 1.165) is 22.4 Å². The molecule has 0 atom stereocenters. The number of anilines is 1. The van der Waals surface area contributed by atoms with Gasteiger partial charge in [-0.3, -0.25) is 4.79 Å². The lowest BCUT2D eigenvalue weighted by Crippen LogP contribution is -2.25. The molecule has 23 heavy (non-hydrogen) atoms. The number of carbonyl (C=O) groups is 1. The lowest BCUT2D eigenvalue weighted by molar-refractivity contribution is -0.111. The topological polar surface area (TPSA) is 45.0 Å². The van der Waals surface area contributed by atoms with Crippen molar-refractivity contribution in [3.63, 3.8) is 0 Å². The third-order valence-electron chi connectivity index (χ3n) is 3.64. The van der Waals surface area contributed by atoms with Crippen LogP contribution in [0.15, 0.2) is 70.4 Å². The lowest BCUT2D eigenvalue weighted by Gasteiger charge is -2.07. The third kappa shape index (κ3) is 3.11. The Morgan fingerprint density at radius 2 is 1.74 bits per heavy atom. The zero-order valence-electron chi connectivity index (χ0n) is 13.1. The molecule has 0 aliphatic carbocycles. The number of para-hydroxylation sites is 1. The van der Waals surface area contributed by atoms with E-state index in [9.17, 15) is 4.79 Å². The molecule has 1 amide bonds. The van der Waals surface area contributed by atoms with Gasteiger partial charge in [0.2, 0.25) is 0 Å². The summed E-state index contributed by atoms with van der Waals surface area (Å²) >= 11 is 0. The molecule has 0 unspecified atom stereocenters. The molecule has 2 aromatic rings. The van der Waals surface area contributed by atoms with Crippen LogP contribution in [0.4, 0.5) is 5.69 Å². The molecule has 4 nitrogen and oxygen atoms in total. The van der Waals surface area contributed by atoms with Crippen molar-refractivity contribution in [2.24, 2.45) is 10.2 Å². The summed E-state index contributed by atoms with van der Waals surface area (Å²) in [6.07, 6.45) is 3.68. The third-order valence-corrected chi connectivity index (χ3v) is 3.64. The van der Waals surface area contributed by atoms with Crippen molar-refractivity contribution in [3.8, 4) is 0 Å². The van der Waals surface area contributed by atoms with Gasteiger partial charge >= 0.3 is 0 Å². The minimum absolute atomic E-state index is 0.131. The molecule has 0 spiro atoms. The highest BCUT2D eigenvalue weighted by molar-refractivity contribution is 6.54. The van der Waals surface area contributed by atoms with Crippen molar-refractivity contribution in [2.75, 3.05) is 11.9 Å². The summed E-state index contributed by atoms with van der Waals surface area (Å²) in [5, 5.41) is 8.21. The number of hydrogen-bond donors (Lipinski definition) is 0. The summed E-state index contributed by atoms with van der Waals surface area (Å²) in [6, 6.07) is 17.6. The summed E-state index contributed by atoms with van der Waals surface area (Å²) in [4.78, 5) is 13.8. The standard InChI is InChI=1S/C19H17N3O/c1-14(12-15-8-4-3-5-9-15)13-20-21-18-16-10-6-7-11-17(16)22(2)19(18)23/h3-13H,1-2H3/b14-12+,20-13-,21-18+. The van der Waals surface area contributed by atoms with Crippen LogP contribution in [0.3, 0.4) is 0 Å². The van der Waals surface area contributed by atoms with Gasteiger partial charge in [-0.25, -0.2) is 0 Å². The summed E-state index contributed by atoms with van der Waals surface area (Å²) in [6.45, 7) is 1.95. The predicted octanol–water partition coefficient (Wildman–Crippen LogP) is 3.54. The van der Waals surface area contributed by atoms with Crippen LogP contribution in [0, 0.1) is 0 Å². The molecule has 0 N–H and O–H groups in total. The van der Waals surface area contributed by atoms with Gasteiger partial charge in [0, 0.05) is 12.6 Å². The monoisotopic (exact) mass is 303 g/mol. The molecule has 0 aromatic heterocycles. The van der Waals surface area contributed by atoms with Crippen LogP contribution in [-0.2, 0) is 4.79 Å². The second-order valence-corrected chi connectivity index (χ2v) is 5.37. The molecular weight excluding hydrogens is 286 g/mol. The van der Waals surface area contributed by atoms with E-state index in [1.807, 2.05) is 67.6 Å². The smallest absolute Gasteiger partial charge is 0.279 e. The fourth-order valence-corrected chi connectivity index (χ4v) is 2.47. The predicted molar refractivity (Wildman–Crippen MR) is 95.0 cm³/mol. The van der Waals surface area contributed by atoms with Gasteiger partial charge < -0.3 is 4.90 Å². The number of benzene rings is 2. The molecule has 0 radical (unpaired) electrons. The first-order valence-corrected chi connectivity index (χ1v) is 7.38. The number of nitrogens with zero attached hydrogens (tertiary/aromatic N) is 3. The quantitative estimate of drug-likeness (QED) is 0.632. The van der Waals surface area contributed by atoms with Gasteiger partial charge in [-0.2, -0.15) is 5.10 Å². The van der Waals surface area contributed by atoms with Crippen LogP contribution in [0.2, 0.25) is 0 Å². The Hall–Kier alpha value is -3.01. The number of likely N-dealkylation sites (N-methyl/N-ethyl adjacent to an activating group) is 1. The Balaban J connectivity index is 1.83. The van der Waals surface area contributed by atoms with Crippen molar-refractivity contribution < 1.29 is 4.79 Å². The highest BCUT2D eigenvalue weighted by Gasteiger charge is 2.30. The number of fused-ring (bicyclic) bond motifs is 1. The highest BCUT2D eigenvalue weighted by atomic mass is 16.2. The average molecular weight is 303 g/mol. The first-order chi connectivity index (χ1) is 11.2. The number of carbonyl (C=O) groups excluding carboxylic acids is 1. The molecule has 2 aromatic carbocycles. The normalized spacial score (nSPS) is 16.4. The van der Waals surface area contributed by atoms with Gasteiger partial charge in [-0.15, -0.1) is 5.10 Å². The molecule has 4 heteroatoms. The molecule has 0 bridgehead atoms. The van der Waals surface area contributed by atoms with E-state index < -0.39 is 0 Å². The molecule has 1 aliphatic heterocycles. The molecule has 1 aliphatic rings. The Kier molecular flexibility index (Phi) is 4.15. The Morgan fingerprint density at radius 3 is 2.52 bits per heavy atom. The average Bonchev–Trinajstić information content (AvgIpc) is 2.81. The molecule has 0 saturated carbocycles. The SMILES string of the molecule is CC(/C=N\N=C1\C(=O)N(C)c2ccccc21)=C\c1ccccc1. The second-order valence-electron chi connectivity index (χ2n) is 5.37. The number of hydrogen-bond acceptors (Lipinski definition) is 3. The Morgan fingerprint density at radius 1 is 1.04 bits per heavy atom. The number of amides is 1. The number of allylic oxidation sites excluding steroid dienone is 1.